The molecule has 1 aromatic heterocycles. The molecule has 21 heavy (non-hydrogen) atoms. The molecular formula is C13H24ClN3O3S. The number of aromatic nitrogens is 2. The van der Waals surface area contributed by atoms with Gasteiger partial charge in [-0.25, -0.2) is 8.42 Å². The van der Waals surface area contributed by atoms with Crippen molar-refractivity contribution >= 4 is 21.6 Å². The largest absolute Gasteiger partial charge is 0.383 e. The minimum atomic E-state index is -3.69. The van der Waals surface area contributed by atoms with Crippen molar-refractivity contribution < 1.29 is 13.2 Å². The van der Waals surface area contributed by atoms with Crippen molar-refractivity contribution in [3.63, 3.8) is 0 Å². The summed E-state index contributed by atoms with van der Waals surface area (Å²) in [6.45, 7) is 6.36. The van der Waals surface area contributed by atoms with Crippen molar-refractivity contribution in [2.24, 2.45) is 0 Å². The average Bonchev–Trinajstić information content (AvgIpc) is 2.84. The lowest BCUT2D eigenvalue weighted by Crippen LogP contribution is -2.42. The lowest BCUT2D eigenvalue weighted by atomic mass is 10.2. The summed E-state index contributed by atoms with van der Waals surface area (Å²) in [6, 6.07) is -0.0784. The monoisotopic (exact) mass is 337 g/mol. The van der Waals surface area contributed by atoms with Crippen LogP contribution < -0.4 is 0 Å². The summed E-state index contributed by atoms with van der Waals surface area (Å²) in [7, 11) is -2.14. The van der Waals surface area contributed by atoms with Gasteiger partial charge < -0.3 is 4.74 Å². The van der Waals surface area contributed by atoms with Gasteiger partial charge in [-0.3, -0.25) is 5.10 Å². The minimum Gasteiger partial charge on any atom is -0.383 e. The fourth-order valence-electron chi connectivity index (χ4n) is 2.29. The molecule has 122 valence electrons. The van der Waals surface area contributed by atoms with E-state index in [1.165, 1.54) is 4.31 Å². The van der Waals surface area contributed by atoms with Gasteiger partial charge in [0.15, 0.2) is 5.03 Å². The quantitative estimate of drug-likeness (QED) is 0.701. The van der Waals surface area contributed by atoms with E-state index in [0.29, 0.717) is 24.4 Å². The van der Waals surface area contributed by atoms with E-state index in [-0.39, 0.29) is 16.9 Å². The predicted molar refractivity (Wildman–Crippen MR) is 83.0 cm³/mol. The number of rotatable bonds is 9. The maximum atomic E-state index is 12.9. The molecule has 1 heterocycles. The molecular weight excluding hydrogens is 314 g/mol. The number of nitrogens with zero attached hydrogens (tertiary/aromatic N) is 2. The summed E-state index contributed by atoms with van der Waals surface area (Å²) in [4.78, 5) is 0. The SMILES string of the molecule is CCC(CC)N(CCOC)S(=O)(=O)c1n[nH]c(C)c1CCl. The molecule has 0 saturated carbocycles. The summed E-state index contributed by atoms with van der Waals surface area (Å²) in [5.74, 6) is 0.109. The Balaban J connectivity index is 3.25. The van der Waals surface area contributed by atoms with E-state index in [1.54, 1.807) is 14.0 Å². The number of H-pyrrole nitrogens is 1. The minimum absolute atomic E-state index is 0.0259. The molecule has 0 fully saturated rings. The molecule has 0 radical (unpaired) electrons. The van der Waals surface area contributed by atoms with Crippen molar-refractivity contribution in [2.45, 2.75) is 50.6 Å². The highest BCUT2D eigenvalue weighted by Gasteiger charge is 2.33. The number of nitrogens with one attached hydrogen (secondary N) is 1. The van der Waals surface area contributed by atoms with Crippen LogP contribution in [0.25, 0.3) is 0 Å². The van der Waals surface area contributed by atoms with Crippen LogP contribution in [-0.2, 0) is 20.6 Å². The summed E-state index contributed by atoms with van der Waals surface area (Å²) >= 11 is 5.87. The van der Waals surface area contributed by atoms with Gasteiger partial charge in [0.1, 0.15) is 0 Å². The third-order valence-corrected chi connectivity index (χ3v) is 5.78. The second kappa shape index (κ2) is 8.12. The van der Waals surface area contributed by atoms with Crippen molar-refractivity contribution in [3.05, 3.63) is 11.3 Å². The van der Waals surface area contributed by atoms with Crippen LogP contribution in [0, 0.1) is 6.92 Å². The molecule has 1 rings (SSSR count). The number of hydrogen-bond donors (Lipinski definition) is 1. The van der Waals surface area contributed by atoms with Crippen LogP contribution in [0.4, 0.5) is 0 Å². The zero-order valence-electron chi connectivity index (χ0n) is 13.0. The first kappa shape index (κ1) is 18.4. The Bertz CT molecular complexity index is 541. The van der Waals surface area contributed by atoms with Gasteiger partial charge in [-0.05, 0) is 19.8 Å². The molecule has 0 spiro atoms. The van der Waals surface area contributed by atoms with E-state index in [0.717, 1.165) is 12.8 Å². The van der Waals surface area contributed by atoms with Gasteiger partial charge in [-0.1, -0.05) is 13.8 Å². The van der Waals surface area contributed by atoms with Gasteiger partial charge in [0, 0.05) is 31.0 Å². The first-order valence-corrected chi connectivity index (χ1v) is 9.01. The molecule has 0 atom stereocenters. The number of aryl methyl sites for hydroxylation is 1. The van der Waals surface area contributed by atoms with Crippen LogP contribution in [0.2, 0.25) is 0 Å². The average molecular weight is 338 g/mol. The predicted octanol–water partition coefficient (Wildman–Crippen LogP) is 2.28. The Morgan fingerprint density at radius 2 is 2.00 bits per heavy atom. The number of sulfonamides is 1. The summed E-state index contributed by atoms with van der Waals surface area (Å²) in [6.07, 6.45) is 1.47. The smallest absolute Gasteiger partial charge is 0.263 e. The zero-order valence-corrected chi connectivity index (χ0v) is 14.6. The Labute approximate surface area is 131 Å². The second-order valence-electron chi connectivity index (χ2n) is 4.84. The number of hydrogen-bond acceptors (Lipinski definition) is 4. The normalized spacial score (nSPS) is 12.5. The van der Waals surface area contributed by atoms with Gasteiger partial charge in [-0.2, -0.15) is 9.40 Å². The number of methoxy groups -OCH3 is 1. The molecule has 0 unspecified atom stereocenters. The van der Waals surface area contributed by atoms with E-state index in [1.807, 2.05) is 13.8 Å². The van der Waals surface area contributed by atoms with Gasteiger partial charge in [0.25, 0.3) is 10.0 Å². The standard InChI is InChI=1S/C13H24ClN3O3S/c1-5-11(6-2)17(7-8-20-4)21(18,19)13-12(9-14)10(3)15-16-13/h11H,5-9H2,1-4H3,(H,15,16). The molecule has 0 bridgehead atoms. The molecule has 0 saturated heterocycles. The highest BCUT2D eigenvalue weighted by atomic mass is 35.5. The van der Waals surface area contributed by atoms with Crippen LogP contribution in [0.5, 0.6) is 0 Å². The lowest BCUT2D eigenvalue weighted by Gasteiger charge is -2.28. The van der Waals surface area contributed by atoms with Crippen molar-refractivity contribution in [1.29, 1.82) is 0 Å². The maximum absolute atomic E-state index is 12.9. The molecule has 0 aromatic carbocycles. The Morgan fingerprint density at radius 3 is 2.48 bits per heavy atom. The molecule has 0 amide bonds. The number of ether oxygens (including phenoxy) is 1. The summed E-state index contributed by atoms with van der Waals surface area (Å²) < 4.78 is 32.4. The summed E-state index contributed by atoms with van der Waals surface area (Å²) in [5, 5.41) is 6.69. The molecule has 8 heteroatoms. The Morgan fingerprint density at radius 1 is 1.38 bits per heavy atom. The molecule has 0 aliphatic heterocycles. The van der Waals surface area contributed by atoms with Crippen LogP contribution in [0.1, 0.15) is 37.9 Å². The van der Waals surface area contributed by atoms with Crippen LogP contribution >= 0.6 is 11.6 Å². The molecule has 1 N–H and O–H groups in total. The molecule has 1 aromatic rings. The van der Waals surface area contributed by atoms with Gasteiger partial charge >= 0.3 is 0 Å². The Kier molecular flexibility index (Phi) is 7.12. The second-order valence-corrected chi connectivity index (χ2v) is 6.92. The van der Waals surface area contributed by atoms with Crippen LogP contribution in [-0.4, -0.2) is 49.2 Å². The number of alkyl halides is 1. The molecule has 6 nitrogen and oxygen atoms in total. The van der Waals surface area contributed by atoms with Crippen molar-refractivity contribution in [3.8, 4) is 0 Å². The van der Waals surface area contributed by atoms with Gasteiger partial charge in [0.2, 0.25) is 0 Å². The van der Waals surface area contributed by atoms with Gasteiger partial charge in [0.05, 0.1) is 12.5 Å². The first-order valence-electron chi connectivity index (χ1n) is 7.04. The molecule has 0 aliphatic carbocycles. The maximum Gasteiger partial charge on any atom is 0.263 e. The third kappa shape index (κ3) is 3.97. The summed E-state index contributed by atoms with van der Waals surface area (Å²) in [5.41, 5.74) is 1.21. The van der Waals surface area contributed by atoms with Crippen LogP contribution in [0.3, 0.4) is 0 Å². The number of halogens is 1. The highest BCUT2D eigenvalue weighted by Crippen LogP contribution is 2.25. The Hall–Kier alpha value is -0.630. The van der Waals surface area contributed by atoms with E-state index in [9.17, 15) is 8.42 Å². The zero-order chi connectivity index (χ0) is 16.0. The molecule has 0 aliphatic rings. The number of aromatic amines is 1. The third-order valence-electron chi connectivity index (χ3n) is 3.59. The highest BCUT2D eigenvalue weighted by molar-refractivity contribution is 7.89. The van der Waals surface area contributed by atoms with E-state index in [4.69, 9.17) is 16.3 Å². The van der Waals surface area contributed by atoms with E-state index < -0.39 is 10.0 Å². The van der Waals surface area contributed by atoms with E-state index in [2.05, 4.69) is 10.2 Å². The van der Waals surface area contributed by atoms with Crippen molar-refractivity contribution in [2.75, 3.05) is 20.3 Å². The van der Waals surface area contributed by atoms with Gasteiger partial charge in [-0.15, -0.1) is 11.6 Å². The first-order chi connectivity index (χ1) is 9.93. The van der Waals surface area contributed by atoms with Crippen molar-refractivity contribution in [1.82, 2.24) is 14.5 Å². The topological polar surface area (TPSA) is 75.3 Å². The fourth-order valence-corrected chi connectivity index (χ4v) is 4.62. The van der Waals surface area contributed by atoms with Crippen LogP contribution in [0.15, 0.2) is 5.03 Å². The fraction of sp³-hybridized carbons (Fsp3) is 0.769. The van der Waals surface area contributed by atoms with E-state index >= 15 is 0 Å². The lowest BCUT2D eigenvalue weighted by molar-refractivity contribution is 0.163.